The van der Waals surface area contributed by atoms with Crippen LogP contribution in [0.25, 0.3) is 10.6 Å². The fourth-order valence-electron chi connectivity index (χ4n) is 1.63. The predicted molar refractivity (Wildman–Crippen MR) is 84.5 cm³/mol. The molecular formula is C15H15ClN2OS. The van der Waals surface area contributed by atoms with Gasteiger partial charge in [0.1, 0.15) is 5.01 Å². The van der Waals surface area contributed by atoms with Crippen LogP contribution in [-0.2, 0) is 0 Å². The topological polar surface area (TPSA) is 33.2 Å². The average Bonchev–Trinajstić information content (AvgIpc) is 2.79. The minimum atomic E-state index is -0.0195. The van der Waals surface area contributed by atoms with Crippen LogP contribution in [0.5, 0.6) is 0 Å². The molecule has 0 radical (unpaired) electrons. The Labute approximate surface area is 127 Å². The molecule has 1 aromatic heterocycles. The van der Waals surface area contributed by atoms with Gasteiger partial charge >= 0.3 is 0 Å². The number of aryl methyl sites for hydroxylation is 1. The molecule has 0 aliphatic carbocycles. The average molecular weight is 307 g/mol. The Kier molecular flexibility index (Phi) is 4.57. The highest BCUT2D eigenvalue weighted by molar-refractivity contribution is 7.17. The molecule has 0 N–H and O–H groups in total. The molecule has 0 aliphatic heterocycles. The molecule has 0 bridgehead atoms. The zero-order valence-electron chi connectivity index (χ0n) is 11.6. The van der Waals surface area contributed by atoms with Crippen LogP contribution in [0.2, 0.25) is 5.02 Å². The van der Waals surface area contributed by atoms with E-state index >= 15 is 0 Å². The van der Waals surface area contributed by atoms with Gasteiger partial charge in [-0.05, 0) is 19.1 Å². The number of carbonyl (C=O) groups is 1. The number of hydrogen-bond acceptors (Lipinski definition) is 4. The van der Waals surface area contributed by atoms with Crippen molar-refractivity contribution in [2.75, 3.05) is 14.1 Å². The Morgan fingerprint density at radius 1 is 1.30 bits per heavy atom. The molecular weight excluding hydrogens is 292 g/mol. The molecule has 20 heavy (non-hydrogen) atoms. The second-order valence-corrected chi connectivity index (χ2v) is 6.02. The summed E-state index contributed by atoms with van der Waals surface area (Å²) in [6, 6.07) is 7.46. The Morgan fingerprint density at radius 3 is 2.55 bits per heavy atom. The fourth-order valence-corrected chi connectivity index (χ4v) is 2.75. The van der Waals surface area contributed by atoms with Crippen LogP contribution in [0.1, 0.15) is 15.4 Å². The molecule has 104 valence electrons. The molecule has 0 aliphatic rings. The highest BCUT2D eigenvalue weighted by Crippen LogP contribution is 2.29. The summed E-state index contributed by atoms with van der Waals surface area (Å²) < 4.78 is 0. The number of aromatic nitrogens is 1. The smallest absolute Gasteiger partial charge is 0.199 e. The normalized spacial score (nSPS) is 11.0. The lowest BCUT2D eigenvalue weighted by atomic mass is 10.2. The summed E-state index contributed by atoms with van der Waals surface area (Å²) in [5.41, 5.74) is 1.73. The maximum Gasteiger partial charge on any atom is 0.199 e. The number of rotatable bonds is 4. The molecule has 0 atom stereocenters. The maximum atomic E-state index is 12.1. The second kappa shape index (κ2) is 6.20. The molecule has 0 saturated heterocycles. The molecule has 0 saturated carbocycles. The number of nitrogens with zero attached hydrogens (tertiary/aromatic N) is 2. The number of carbonyl (C=O) groups excluding carboxylic acids is 1. The molecule has 0 fully saturated rings. The van der Waals surface area contributed by atoms with Crippen molar-refractivity contribution in [3.05, 3.63) is 52.1 Å². The lowest BCUT2D eigenvalue weighted by Crippen LogP contribution is -2.02. The SMILES string of the molecule is Cc1nc(-c2ccc(Cl)cc2)sc1C(=O)C=CN(C)C. The third-order valence-electron chi connectivity index (χ3n) is 2.64. The van der Waals surface area contributed by atoms with Crippen LogP contribution < -0.4 is 0 Å². The maximum absolute atomic E-state index is 12.1. The summed E-state index contributed by atoms with van der Waals surface area (Å²) in [6.45, 7) is 1.85. The Bertz CT molecular complexity index is 644. The van der Waals surface area contributed by atoms with Gasteiger partial charge in [-0.1, -0.05) is 23.7 Å². The van der Waals surface area contributed by atoms with E-state index < -0.39 is 0 Å². The van der Waals surface area contributed by atoms with Crippen LogP contribution in [0.15, 0.2) is 36.5 Å². The van der Waals surface area contributed by atoms with E-state index in [9.17, 15) is 4.79 Å². The summed E-state index contributed by atoms with van der Waals surface area (Å²) in [6.07, 6.45) is 3.30. The van der Waals surface area contributed by atoms with Gasteiger partial charge in [0, 0.05) is 37.0 Å². The third-order valence-corrected chi connectivity index (χ3v) is 4.11. The van der Waals surface area contributed by atoms with Crippen molar-refractivity contribution in [2.24, 2.45) is 0 Å². The number of halogens is 1. The molecule has 2 aromatic rings. The van der Waals surface area contributed by atoms with E-state index in [1.165, 1.54) is 11.3 Å². The van der Waals surface area contributed by atoms with E-state index in [2.05, 4.69) is 4.98 Å². The minimum Gasteiger partial charge on any atom is -0.383 e. The first-order chi connectivity index (χ1) is 9.47. The Balaban J connectivity index is 2.30. The fraction of sp³-hybridized carbons (Fsp3) is 0.200. The van der Waals surface area contributed by atoms with Gasteiger partial charge in [-0.2, -0.15) is 0 Å². The van der Waals surface area contributed by atoms with Crippen LogP contribution in [0.4, 0.5) is 0 Å². The van der Waals surface area contributed by atoms with Crippen molar-refractivity contribution in [1.29, 1.82) is 0 Å². The highest BCUT2D eigenvalue weighted by Gasteiger charge is 2.14. The van der Waals surface area contributed by atoms with E-state index in [-0.39, 0.29) is 5.78 Å². The summed E-state index contributed by atoms with van der Waals surface area (Å²) in [5, 5.41) is 1.52. The highest BCUT2D eigenvalue weighted by atomic mass is 35.5. The first-order valence-corrected chi connectivity index (χ1v) is 7.29. The molecule has 1 aromatic carbocycles. The van der Waals surface area contributed by atoms with Gasteiger partial charge in [0.15, 0.2) is 5.78 Å². The van der Waals surface area contributed by atoms with Gasteiger partial charge in [0.2, 0.25) is 0 Å². The van der Waals surface area contributed by atoms with Crippen LogP contribution in [-0.4, -0.2) is 29.8 Å². The van der Waals surface area contributed by atoms with Crippen LogP contribution in [0.3, 0.4) is 0 Å². The standard InChI is InChI=1S/C15H15ClN2OS/c1-10-14(13(19)8-9-18(2)3)20-15(17-10)11-4-6-12(16)7-5-11/h4-9H,1-3H3. The molecule has 1 heterocycles. The summed E-state index contributed by atoms with van der Waals surface area (Å²) in [5.74, 6) is -0.0195. The van der Waals surface area contributed by atoms with Crippen molar-refractivity contribution >= 4 is 28.7 Å². The van der Waals surface area contributed by atoms with Gasteiger partial charge in [-0.25, -0.2) is 4.98 Å². The monoisotopic (exact) mass is 306 g/mol. The molecule has 3 nitrogen and oxygen atoms in total. The van der Waals surface area contributed by atoms with Crippen molar-refractivity contribution in [3.8, 4) is 10.6 Å². The van der Waals surface area contributed by atoms with E-state index in [4.69, 9.17) is 11.6 Å². The zero-order valence-corrected chi connectivity index (χ0v) is 13.1. The number of ketones is 1. The van der Waals surface area contributed by atoms with Crippen molar-refractivity contribution in [2.45, 2.75) is 6.92 Å². The Hall–Kier alpha value is -1.65. The summed E-state index contributed by atoms with van der Waals surface area (Å²) >= 11 is 7.28. The quantitative estimate of drug-likeness (QED) is 0.631. The number of hydrogen-bond donors (Lipinski definition) is 0. The van der Waals surface area contributed by atoms with Crippen LogP contribution in [0, 0.1) is 6.92 Å². The first kappa shape index (κ1) is 14.8. The molecule has 2 rings (SSSR count). The third kappa shape index (κ3) is 3.46. The summed E-state index contributed by atoms with van der Waals surface area (Å²) in [4.78, 5) is 19.1. The molecule has 5 heteroatoms. The van der Waals surface area contributed by atoms with E-state index in [0.29, 0.717) is 9.90 Å². The van der Waals surface area contributed by atoms with E-state index in [1.807, 2.05) is 50.2 Å². The van der Waals surface area contributed by atoms with Gasteiger partial charge in [0.25, 0.3) is 0 Å². The van der Waals surface area contributed by atoms with Crippen molar-refractivity contribution in [3.63, 3.8) is 0 Å². The second-order valence-electron chi connectivity index (χ2n) is 4.58. The van der Waals surface area contributed by atoms with Gasteiger partial charge in [-0.3, -0.25) is 4.79 Å². The minimum absolute atomic E-state index is 0.0195. The predicted octanol–water partition coefficient (Wildman–Crippen LogP) is 4.03. The largest absolute Gasteiger partial charge is 0.383 e. The molecule has 0 amide bonds. The number of thiazole rings is 1. The lowest BCUT2D eigenvalue weighted by Gasteiger charge is -2.01. The molecule has 0 unspecified atom stereocenters. The van der Waals surface area contributed by atoms with E-state index in [1.54, 1.807) is 12.3 Å². The van der Waals surface area contributed by atoms with Gasteiger partial charge in [-0.15, -0.1) is 11.3 Å². The molecule has 0 spiro atoms. The summed E-state index contributed by atoms with van der Waals surface area (Å²) in [7, 11) is 3.75. The zero-order chi connectivity index (χ0) is 14.7. The van der Waals surface area contributed by atoms with E-state index in [0.717, 1.165) is 16.3 Å². The van der Waals surface area contributed by atoms with Gasteiger partial charge in [0.05, 0.1) is 10.6 Å². The Morgan fingerprint density at radius 2 is 1.95 bits per heavy atom. The van der Waals surface area contributed by atoms with Crippen molar-refractivity contribution in [1.82, 2.24) is 9.88 Å². The first-order valence-electron chi connectivity index (χ1n) is 6.09. The van der Waals surface area contributed by atoms with Crippen molar-refractivity contribution < 1.29 is 4.79 Å². The van der Waals surface area contributed by atoms with Gasteiger partial charge < -0.3 is 4.90 Å². The number of allylic oxidation sites excluding steroid dienone is 1. The lowest BCUT2D eigenvalue weighted by molar-refractivity contribution is 0.104. The van der Waals surface area contributed by atoms with Crippen LogP contribution >= 0.6 is 22.9 Å². The number of benzene rings is 1.